The summed E-state index contributed by atoms with van der Waals surface area (Å²) in [5, 5.41) is 0. The van der Waals surface area contributed by atoms with Gasteiger partial charge in [-0.05, 0) is 12.1 Å². The molecular weight excluding hydrogens is 384 g/mol. The topological polar surface area (TPSA) is 74.8 Å². The van der Waals surface area contributed by atoms with Crippen molar-refractivity contribution < 1.29 is 18.0 Å². The summed E-state index contributed by atoms with van der Waals surface area (Å²) in [6.45, 7) is 1.37. The van der Waals surface area contributed by atoms with Gasteiger partial charge in [0.2, 0.25) is 15.9 Å². The van der Waals surface area contributed by atoms with E-state index >= 15 is 0 Å². The van der Waals surface area contributed by atoms with Crippen molar-refractivity contribution >= 4 is 37.6 Å². The number of halogens is 1. The molecule has 1 aliphatic rings. The Morgan fingerprint density at radius 2 is 1.61 bits per heavy atom. The highest BCUT2D eigenvalue weighted by molar-refractivity contribution is 9.10. The molecule has 0 atom stereocenters. The van der Waals surface area contributed by atoms with E-state index in [1.165, 1.54) is 10.6 Å². The van der Waals surface area contributed by atoms with Gasteiger partial charge in [0, 0.05) is 49.1 Å². The van der Waals surface area contributed by atoms with E-state index in [0.29, 0.717) is 31.7 Å². The highest BCUT2D eigenvalue weighted by Crippen LogP contribution is 2.14. The molecule has 0 radical (unpaired) electrons. The van der Waals surface area contributed by atoms with Crippen LogP contribution in [0.5, 0.6) is 0 Å². The minimum Gasteiger partial charge on any atom is -0.340 e. The fraction of sp³-hybridized carbons (Fsp3) is 0.467. The number of rotatable bonds is 5. The summed E-state index contributed by atoms with van der Waals surface area (Å²) in [6, 6.07) is 7.03. The summed E-state index contributed by atoms with van der Waals surface area (Å²) in [6.07, 6.45) is 1.47. The molecule has 1 aliphatic heterocycles. The lowest BCUT2D eigenvalue weighted by Gasteiger charge is -2.33. The Labute approximate surface area is 144 Å². The van der Waals surface area contributed by atoms with Crippen LogP contribution < -0.4 is 0 Å². The van der Waals surface area contributed by atoms with E-state index in [9.17, 15) is 18.0 Å². The van der Waals surface area contributed by atoms with Crippen molar-refractivity contribution in [1.82, 2.24) is 9.21 Å². The number of amides is 1. The molecule has 1 saturated heterocycles. The number of hydrogen-bond donors (Lipinski definition) is 0. The number of hydrogen-bond acceptors (Lipinski definition) is 4. The molecule has 1 aromatic carbocycles. The molecule has 23 heavy (non-hydrogen) atoms. The molecule has 0 unspecified atom stereocenters. The molecule has 2 rings (SSSR count). The fourth-order valence-electron chi connectivity index (χ4n) is 2.43. The maximum atomic E-state index is 12.1. The van der Waals surface area contributed by atoms with Gasteiger partial charge in [-0.15, -0.1) is 0 Å². The number of carbonyl (C=O) groups excluding carboxylic acids is 2. The molecule has 126 valence electrons. The zero-order valence-electron chi connectivity index (χ0n) is 12.9. The van der Waals surface area contributed by atoms with E-state index in [0.717, 1.165) is 4.47 Å². The van der Waals surface area contributed by atoms with Crippen LogP contribution in [0.2, 0.25) is 0 Å². The monoisotopic (exact) mass is 402 g/mol. The summed E-state index contributed by atoms with van der Waals surface area (Å²) in [4.78, 5) is 25.8. The van der Waals surface area contributed by atoms with E-state index in [-0.39, 0.29) is 24.5 Å². The lowest BCUT2D eigenvalue weighted by molar-refractivity contribution is -0.132. The van der Waals surface area contributed by atoms with Crippen molar-refractivity contribution in [2.45, 2.75) is 12.8 Å². The SMILES string of the molecule is CS(=O)(=O)N1CCN(C(=O)CCC(=O)c2ccc(Br)cc2)CC1. The van der Waals surface area contributed by atoms with Crippen molar-refractivity contribution in [1.29, 1.82) is 0 Å². The minimum atomic E-state index is -3.20. The van der Waals surface area contributed by atoms with Gasteiger partial charge >= 0.3 is 0 Å². The fourth-order valence-corrected chi connectivity index (χ4v) is 3.52. The molecule has 6 nitrogen and oxygen atoms in total. The number of nitrogens with zero attached hydrogens (tertiary/aromatic N) is 2. The first-order valence-electron chi connectivity index (χ1n) is 7.29. The first-order chi connectivity index (χ1) is 10.8. The van der Waals surface area contributed by atoms with Crippen LogP contribution in [0.4, 0.5) is 0 Å². The van der Waals surface area contributed by atoms with Crippen LogP contribution >= 0.6 is 15.9 Å². The van der Waals surface area contributed by atoms with Crippen molar-refractivity contribution in [3.05, 3.63) is 34.3 Å². The molecule has 1 aromatic rings. The van der Waals surface area contributed by atoms with Crippen LogP contribution in [0, 0.1) is 0 Å². The molecule has 0 aromatic heterocycles. The number of carbonyl (C=O) groups is 2. The highest BCUT2D eigenvalue weighted by atomic mass is 79.9. The number of Topliss-reactive ketones (excluding diaryl/α,β-unsaturated/α-hetero) is 1. The Morgan fingerprint density at radius 3 is 2.13 bits per heavy atom. The zero-order chi connectivity index (χ0) is 17.0. The Hall–Kier alpha value is -1.25. The highest BCUT2D eigenvalue weighted by Gasteiger charge is 2.26. The van der Waals surface area contributed by atoms with Gasteiger partial charge in [-0.3, -0.25) is 9.59 Å². The van der Waals surface area contributed by atoms with E-state index in [4.69, 9.17) is 0 Å². The van der Waals surface area contributed by atoms with Gasteiger partial charge in [-0.1, -0.05) is 28.1 Å². The van der Waals surface area contributed by atoms with Crippen molar-refractivity contribution in [3.8, 4) is 0 Å². The Bertz CT molecular complexity index is 680. The Morgan fingerprint density at radius 1 is 1.04 bits per heavy atom. The third-order valence-electron chi connectivity index (χ3n) is 3.79. The quantitative estimate of drug-likeness (QED) is 0.699. The molecule has 0 bridgehead atoms. The largest absolute Gasteiger partial charge is 0.340 e. The average Bonchev–Trinajstić information content (AvgIpc) is 2.52. The van der Waals surface area contributed by atoms with Crippen LogP contribution in [0.15, 0.2) is 28.7 Å². The van der Waals surface area contributed by atoms with Gasteiger partial charge in [0.05, 0.1) is 6.26 Å². The molecule has 1 heterocycles. The molecule has 1 fully saturated rings. The smallest absolute Gasteiger partial charge is 0.223 e. The van der Waals surface area contributed by atoms with Crippen LogP contribution in [0.25, 0.3) is 0 Å². The minimum absolute atomic E-state index is 0.0689. The predicted molar refractivity (Wildman–Crippen MR) is 90.7 cm³/mol. The number of benzene rings is 1. The summed E-state index contributed by atoms with van der Waals surface area (Å²) in [5.41, 5.74) is 0.586. The van der Waals surface area contributed by atoms with Crippen molar-refractivity contribution in [3.63, 3.8) is 0 Å². The molecule has 0 spiro atoms. The van der Waals surface area contributed by atoms with Gasteiger partial charge in [0.25, 0.3) is 0 Å². The molecule has 0 aliphatic carbocycles. The summed E-state index contributed by atoms with van der Waals surface area (Å²) in [5.74, 6) is -0.177. The first-order valence-corrected chi connectivity index (χ1v) is 9.93. The average molecular weight is 403 g/mol. The van der Waals surface area contributed by atoms with Gasteiger partial charge < -0.3 is 4.90 Å². The van der Waals surface area contributed by atoms with E-state index in [1.54, 1.807) is 29.2 Å². The number of piperazine rings is 1. The van der Waals surface area contributed by atoms with Crippen LogP contribution in [-0.2, 0) is 14.8 Å². The molecular formula is C15H19BrN2O4S. The third kappa shape index (κ3) is 5.12. The van der Waals surface area contributed by atoms with Crippen LogP contribution in [0.3, 0.4) is 0 Å². The van der Waals surface area contributed by atoms with Gasteiger partial charge in [-0.2, -0.15) is 4.31 Å². The molecule has 8 heteroatoms. The second-order valence-corrected chi connectivity index (χ2v) is 8.37. The first kappa shape index (κ1) is 18.1. The molecule has 0 N–H and O–H groups in total. The zero-order valence-corrected chi connectivity index (χ0v) is 15.3. The predicted octanol–water partition coefficient (Wildman–Crippen LogP) is 1.52. The van der Waals surface area contributed by atoms with Gasteiger partial charge in [-0.25, -0.2) is 8.42 Å². The van der Waals surface area contributed by atoms with Crippen LogP contribution in [0.1, 0.15) is 23.2 Å². The number of sulfonamides is 1. The van der Waals surface area contributed by atoms with Crippen molar-refractivity contribution in [2.75, 3.05) is 32.4 Å². The normalized spacial score (nSPS) is 16.3. The maximum Gasteiger partial charge on any atom is 0.223 e. The van der Waals surface area contributed by atoms with Gasteiger partial charge in [0.15, 0.2) is 5.78 Å². The van der Waals surface area contributed by atoms with E-state index < -0.39 is 10.0 Å². The van der Waals surface area contributed by atoms with Crippen LogP contribution in [-0.4, -0.2) is 61.7 Å². The lowest BCUT2D eigenvalue weighted by atomic mass is 10.1. The lowest BCUT2D eigenvalue weighted by Crippen LogP contribution is -2.50. The summed E-state index contributed by atoms with van der Waals surface area (Å²) < 4.78 is 25.1. The van der Waals surface area contributed by atoms with E-state index in [1.807, 2.05) is 0 Å². The third-order valence-corrected chi connectivity index (χ3v) is 5.62. The second kappa shape index (κ2) is 7.55. The Kier molecular flexibility index (Phi) is 5.94. The second-order valence-electron chi connectivity index (χ2n) is 5.47. The van der Waals surface area contributed by atoms with Gasteiger partial charge in [0.1, 0.15) is 0 Å². The number of ketones is 1. The maximum absolute atomic E-state index is 12.1. The summed E-state index contributed by atoms with van der Waals surface area (Å²) >= 11 is 3.31. The van der Waals surface area contributed by atoms with Crippen molar-refractivity contribution in [2.24, 2.45) is 0 Å². The summed E-state index contributed by atoms with van der Waals surface area (Å²) in [7, 11) is -3.20. The Balaban J connectivity index is 1.82. The standard InChI is InChI=1S/C15H19BrN2O4S/c1-23(21,22)18-10-8-17(9-11-18)15(20)7-6-14(19)12-2-4-13(16)5-3-12/h2-5H,6-11H2,1H3. The van der Waals surface area contributed by atoms with E-state index in [2.05, 4.69) is 15.9 Å². The molecule has 0 saturated carbocycles. The molecule has 1 amide bonds.